The fourth-order valence-corrected chi connectivity index (χ4v) is 1.96. The number of hydrogen-bond acceptors (Lipinski definition) is 4. The van der Waals surface area contributed by atoms with Gasteiger partial charge in [-0.05, 0) is 24.3 Å². The van der Waals surface area contributed by atoms with Gasteiger partial charge in [0, 0.05) is 20.3 Å². The minimum atomic E-state index is -4.91. The zero-order valence-corrected chi connectivity index (χ0v) is 12.8. The molecule has 1 aromatic rings. The first-order valence-corrected chi connectivity index (χ1v) is 6.63. The summed E-state index contributed by atoms with van der Waals surface area (Å²) < 4.78 is 79.2. The van der Waals surface area contributed by atoms with E-state index >= 15 is 0 Å². The van der Waals surface area contributed by atoms with Crippen molar-refractivity contribution in [2.24, 2.45) is 5.10 Å². The van der Waals surface area contributed by atoms with Gasteiger partial charge in [0.25, 0.3) is 5.91 Å². The van der Waals surface area contributed by atoms with Crippen LogP contribution in [0.2, 0.25) is 0 Å². The molecule has 5 nitrogen and oxygen atoms in total. The zero-order chi connectivity index (χ0) is 19.0. The third-order valence-corrected chi connectivity index (χ3v) is 2.85. The highest BCUT2D eigenvalue weighted by Gasteiger charge is 2.47. The van der Waals surface area contributed by atoms with Crippen LogP contribution in [-0.4, -0.2) is 43.2 Å². The number of rotatable bonds is 3. The number of benzene rings is 1. The molecular weight excluding hydrogens is 356 g/mol. The molecule has 0 bridgehead atoms. The maximum Gasteiger partial charge on any atom is 0.573 e. The monoisotopic (exact) mass is 367 g/mol. The second kappa shape index (κ2) is 6.30. The van der Waals surface area contributed by atoms with E-state index in [9.17, 15) is 31.1 Å². The highest BCUT2D eigenvalue weighted by atomic mass is 19.4. The van der Waals surface area contributed by atoms with E-state index < -0.39 is 35.5 Å². The molecular formula is C14H11F6N3O2. The third-order valence-electron chi connectivity index (χ3n) is 2.85. The summed E-state index contributed by atoms with van der Waals surface area (Å²) in [6.45, 7) is 0. The average molecular weight is 367 g/mol. The van der Waals surface area contributed by atoms with E-state index in [-0.39, 0.29) is 5.69 Å². The molecule has 0 fully saturated rings. The lowest BCUT2D eigenvalue weighted by atomic mass is 10.1. The van der Waals surface area contributed by atoms with Gasteiger partial charge in [-0.25, -0.2) is 0 Å². The summed E-state index contributed by atoms with van der Waals surface area (Å²) in [6.07, 6.45) is -8.81. The molecule has 0 spiro atoms. The van der Waals surface area contributed by atoms with Crippen LogP contribution in [0.25, 0.3) is 0 Å². The molecule has 0 atom stereocenters. The van der Waals surface area contributed by atoms with Crippen LogP contribution < -0.4 is 9.75 Å². The first kappa shape index (κ1) is 18.6. The summed E-state index contributed by atoms with van der Waals surface area (Å²) in [6, 6.07) is 3.73. The second-order valence-corrected chi connectivity index (χ2v) is 5.11. The Bertz CT molecular complexity index is 720. The van der Waals surface area contributed by atoms with Crippen LogP contribution in [0.5, 0.6) is 5.75 Å². The molecule has 0 N–H and O–H groups in total. The maximum atomic E-state index is 13.1. The van der Waals surface area contributed by atoms with E-state index in [4.69, 9.17) is 0 Å². The van der Waals surface area contributed by atoms with E-state index in [1.54, 1.807) is 0 Å². The van der Waals surface area contributed by atoms with Gasteiger partial charge < -0.3 is 9.64 Å². The molecule has 0 aliphatic carbocycles. The van der Waals surface area contributed by atoms with Crippen molar-refractivity contribution in [2.45, 2.75) is 12.5 Å². The average Bonchev–Trinajstić information content (AvgIpc) is 2.75. The Labute approximate surface area is 137 Å². The van der Waals surface area contributed by atoms with Gasteiger partial charge in [-0.3, -0.25) is 4.79 Å². The predicted molar refractivity (Wildman–Crippen MR) is 75.9 cm³/mol. The Morgan fingerprint density at radius 3 is 2.08 bits per heavy atom. The standard InChI is InChI=1S/C14H11F6N3O2/c1-22(2)7-10-11(13(15,16)17)21-23(12(10)24)8-3-5-9(6-4-8)25-14(18,19)20/h3-7H,1-2H3/b10-7+. The lowest BCUT2D eigenvalue weighted by Crippen LogP contribution is -2.27. The van der Waals surface area contributed by atoms with E-state index in [2.05, 4.69) is 9.84 Å². The number of nitrogens with zero attached hydrogens (tertiary/aromatic N) is 3. The minimum absolute atomic E-state index is 0.136. The fraction of sp³-hybridized carbons (Fsp3) is 0.286. The summed E-state index contributed by atoms with van der Waals surface area (Å²) in [7, 11) is 2.86. The van der Waals surface area contributed by atoms with Crippen LogP contribution in [0.1, 0.15) is 0 Å². The highest BCUT2D eigenvalue weighted by Crippen LogP contribution is 2.33. The molecule has 1 aromatic carbocycles. The summed E-state index contributed by atoms with van der Waals surface area (Å²) >= 11 is 0. The SMILES string of the molecule is CN(C)/C=C1/C(=O)N(c2ccc(OC(F)(F)F)cc2)N=C1C(F)(F)F. The smallest absolute Gasteiger partial charge is 0.406 e. The molecule has 0 aromatic heterocycles. The van der Waals surface area contributed by atoms with Gasteiger partial charge >= 0.3 is 12.5 Å². The van der Waals surface area contributed by atoms with Crippen molar-refractivity contribution in [1.29, 1.82) is 0 Å². The molecule has 11 heteroatoms. The molecule has 136 valence electrons. The van der Waals surface area contributed by atoms with E-state index in [1.165, 1.54) is 19.0 Å². The number of carbonyl (C=O) groups excluding carboxylic acids is 1. The van der Waals surface area contributed by atoms with Gasteiger partial charge in [-0.1, -0.05) is 0 Å². The van der Waals surface area contributed by atoms with Gasteiger partial charge in [-0.15, -0.1) is 13.2 Å². The predicted octanol–water partition coefficient (Wildman–Crippen LogP) is 3.30. The largest absolute Gasteiger partial charge is 0.573 e. The van der Waals surface area contributed by atoms with Crippen molar-refractivity contribution >= 4 is 17.3 Å². The summed E-state index contributed by atoms with van der Waals surface area (Å²) in [4.78, 5) is 13.5. The summed E-state index contributed by atoms with van der Waals surface area (Å²) in [5.41, 5.74) is -2.20. The molecule has 1 heterocycles. The van der Waals surface area contributed by atoms with Crippen LogP contribution in [0.15, 0.2) is 41.1 Å². The van der Waals surface area contributed by atoms with Crippen molar-refractivity contribution in [3.05, 3.63) is 36.0 Å². The number of hydrogen-bond donors (Lipinski definition) is 0. The van der Waals surface area contributed by atoms with Crippen molar-refractivity contribution in [3.8, 4) is 5.75 Å². The second-order valence-electron chi connectivity index (χ2n) is 5.11. The van der Waals surface area contributed by atoms with Crippen LogP contribution in [0.4, 0.5) is 32.0 Å². The van der Waals surface area contributed by atoms with Crippen molar-refractivity contribution in [2.75, 3.05) is 19.1 Å². The Morgan fingerprint density at radius 2 is 1.64 bits per heavy atom. The highest BCUT2D eigenvalue weighted by molar-refractivity contribution is 6.31. The number of hydrazone groups is 1. The number of ether oxygens (including phenoxy) is 1. The fourth-order valence-electron chi connectivity index (χ4n) is 1.96. The van der Waals surface area contributed by atoms with Crippen LogP contribution in [-0.2, 0) is 4.79 Å². The van der Waals surface area contributed by atoms with Gasteiger partial charge in [-0.2, -0.15) is 23.3 Å². The van der Waals surface area contributed by atoms with Crippen LogP contribution in [0, 0.1) is 0 Å². The normalized spacial score (nSPS) is 17.1. The van der Waals surface area contributed by atoms with Crippen molar-refractivity contribution in [1.82, 2.24) is 4.90 Å². The Hall–Kier alpha value is -2.72. The lowest BCUT2D eigenvalue weighted by Gasteiger charge is -2.13. The van der Waals surface area contributed by atoms with Gasteiger partial charge in [0.2, 0.25) is 0 Å². The first-order chi connectivity index (χ1) is 11.4. The summed E-state index contributed by atoms with van der Waals surface area (Å²) in [5.74, 6) is -1.63. The molecule has 0 radical (unpaired) electrons. The maximum absolute atomic E-state index is 13.1. The number of amides is 1. The van der Waals surface area contributed by atoms with E-state index in [0.29, 0.717) is 5.01 Å². The number of alkyl halides is 6. The lowest BCUT2D eigenvalue weighted by molar-refractivity contribution is -0.274. The van der Waals surface area contributed by atoms with Gasteiger partial charge in [0.15, 0.2) is 5.71 Å². The van der Waals surface area contributed by atoms with Crippen LogP contribution >= 0.6 is 0 Å². The Balaban J connectivity index is 2.36. The molecule has 0 saturated heterocycles. The quantitative estimate of drug-likeness (QED) is 0.608. The first-order valence-electron chi connectivity index (χ1n) is 6.63. The number of anilines is 1. The Kier molecular flexibility index (Phi) is 4.69. The van der Waals surface area contributed by atoms with E-state index in [1.807, 2.05) is 0 Å². The van der Waals surface area contributed by atoms with Crippen LogP contribution in [0.3, 0.4) is 0 Å². The molecule has 1 aliphatic rings. The van der Waals surface area contributed by atoms with Gasteiger partial charge in [0.1, 0.15) is 5.75 Å². The zero-order valence-electron chi connectivity index (χ0n) is 12.8. The molecule has 25 heavy (non-hydrogen) atoms. The topological polar surface area (TPSA) is 45.1 Å². The van der Waals surface area contributed by atoms with Crippen molar-refractivity contribution < 1.29 is 35.9 Å². The molecule has 2 rings (SSSR count). The van der Waals surface area contributed by atoms with E-state index in [0.717, 1.165) is 30.5 Å². The molecule has 0 saturated carbocycles. The van der Waals surface area contributed by atoms with Gasteiger partial charge in [0.05, 0.1) is 11.3 Å². The number of halogens is 6. The molecule has 0 unspecified atom stereocenters. The minimum Gasteiger partial charge on any atom is -0.406 e. The molecule has 1 amide bonds. The number of carbonyl (C=O) groups is 1. The molecule has 1 aliphatic heterocycles. The van der Waals surface area contributed by atoms with Crippen molar-refractivity contribution in [3.63, 3.8) is 0 Å². The third kappa shape index (κ3) is 4.43. The Morgan fingerprint density at radius 1 is 1.08 bits per heavy atom. The summed E-state index contributed by atoms with van der Waals surface area (Å²) in [5, 5.41) is 3.73.